The van der Waals surface area contributed by atoms with E-state index in [0.29, 0.717) is 5.56 Å². The first-order valence-corrected chi connectivity index (χ1v) is 23.8. The van der Waals surface area contributed by atoms with Gasteiger partial charge < -0.3 is 0 Å². The molecule has 0 amide bonds. The molecule has 61 heavy (non-hydrogen) atoms. The molecule has 0 radical (unpaired) electrons. The molecule has 3 N–H and O–H groups in total. The van der Waals surface area contributed by atoms with Crippen molar-refractivity contribution < 1.29 is 14.7 Å². The molecule has 0 aliphatic rings. The summed E-state index contributed by atoms with van der Waals surface area (Å²) in [5.41, 5.74) is 13.1. The molecule has 324 valence electrons. The Morgan fingerprint density at radius 1 is 0.361 bits per heavy atom. The molecule has 0 fully saturated rings. The SMILES string of the molecule is Cc1ccc(-c2c([P+](O)(O)O)ccc(-c3cc4c(C(C)(C)C)cc(C(C)(C)C)cc4cc3C(C)(C)C)c2-c2cc3c(C(C)(C)C)cc(C(C)(C)C)cc3cc2C(C)(C)C)cc1. The largest absolute Gasteiger partial charge is 0.441 e. The van der Waals surface area contributed by atoms with Gasteiger partial charge in [0.25, 0.3) is 0 Å². The van der Waals surface area contributed by atoms with E-state index in [0.717, 1.165) is 38.9 Å². The molecule has 6 aromatic carbocycles. The Balaban J connectivity index is 1.95. The van der Waals surface area contributed by atoms with Crippen molar-refractivity contribution in [2.75, 3.05) is 0 Å². The first-order chi connectivity index (χ1) is 27.6. The summed E-state index contributed by atoms with van der Waals surface area (Å²) in [6.07, 6.45) is 0. The maximum Gasteiger partial charge on any atom is 0.441 e. The number of aryl methyl sites for hydroxylation is 1. The van der Waals surface area contributed by atoms with Crippen molar-refractivity contribution in [3.05, 3.63) is 124 Å². The summed E-state index contributed by atoms with van der Waals surface area (Å²) in [7, 11) is -4.54. The number of rotatable bonds is 4. The quantitative estimate of drug-likeness (QED) is 0.155. The number of hydrogen-bond donors (Lipinski definition) is 3. The van der Waals surface area contributed by atoms with E-state index in [2.05, 4.69) is 204 Å². The zero-order chi connectivity index (χ0) is 45.8. The van der Waals surface area contributed by atoms with Crippen LogP contribution in [0, 0.1) is 6.92 Å². The van der Waals surface area contributed by atoms with Crippen molar-refractivity contribution >= 4 is 34.8 Å². The molecule has 0 saturated carbocycles. The summed E-state index contributed by atoms with van der Waals surface area (Å²) in [4.78, 5) is 34.3. The van der Waals surface area contributed by atoms with Crippen LogP contribution in [0.15, 0.2) is 84.9 Å². The van der Waals surface area contributed by atoms with Gasteiger partial charge in [-0.25, -0.2) is 0 Å². The average Bonchev–Trinajstić information content (AvgIpc) is 3.09. The third-order valence-electron chi connectivity index (χ3n) is 12.6. The molecule has 0 atom stereocenters. The van der Waals surface area contributed by atoms with E-state index >= 15 is 0 Å². The van der Waals surface area contributed by atoms with E-state index in [1.807, 2.05) is 6.07 Å². The van der Waals surface area contributed by atoms with Crippen molar-refractivity contribution in [2.24, 2.45) is 0 Å². The standard InChI is InChI=1S/C57H74O3P/c1-34-20-22-35(23-21-34)50-49(61(58,59)60)25-24-40(43-32-41-36(28-45(43)54(8,9)10)26-38(52(2,3)4)30-47(41)56(14,15)16)51(50)44-33-42-37(29-46(44)55(11,12)13)27-39(53(5,6)7)31-48(42)57(17,18)19/h20-33,58-60H,1-19H3/q+1. The lowest BCUT2D eigenvalue weighted by molar-refractivity contribution is 0.347. The summed E-state index contributed by atoms with van der Waals surface area (Å²) in [5, 5.41) is 4.95. The molecule has 0 spiro atoms. The number of benzene rings is 6. The van der Waals surface area contributed by atoms with Crippen molar-refractivity contribution in [3.8, 4) is 33.4 Å². The van der Waals surface area contributed by atoms with E-state index < -0.39 is 7.94 Å². The van der Waals surface area contributed by atoms with E-state index in [4.69, 9.17) is 0 Å². The Bertz CT molecular complexity index is 2650. The van der Waals surface area contributed by atoms with E-state index in [-0.39, 0.29) is 37.8 Å². The highest BCUT2D eigenvalue weighted by Gasteiger charge is 2.41. The minimum atomic E-state index is -4.54. The van der Waals surface area contributed by atoms with Crippen LogP contribution in [0.2, 0.25) is 0 Å². The summed E-state index contributed by atoms with van der Waals surface area (Å²) in [5.74, 6) is 0. The first kappa shape index (κ1) is 46.6. The van der Waals surface area contributed by atoms with Gasteiger partial charge in [0, 0.05) is 11.1 Å². The van der Waals surface area contributed by atoms with Crippen LogP contribution >= 0.6 is 7.94 Å². The molecule has 0 unspecified atom stereocenters. The minimum absolute atomic E-state index is 0.0335. The van der Waals surface area contributed by atoms with Gasteiger partial charge in [0.1, 0.15) is 0 Å². The Kier molecular flexibility index (Phi) is 11.6. The molecule has 0 heterocycles. The summed E-state index contributed by atoms with van der Waals surface area (Å²) in [6, 6.07) is 31.2. The summed E-state index contributed by atoms with van der Waals surface area (Å²) < 4.78 is 0. The fourth-order valence-corrected chi connectivity index (χ4v) is 9.77. The zero-order valence-corrected chi connectivity index (χ0v) is 41.8. The maximum absolute atomic E-state index is 11.4. The average molecular weight is 838 g/mol. The highest BCUT2D eigenvalue weighted by Crippen LogP contribution is 2.54. The van der Waals surface area contributed by atoms with Crippen LogP contribution in [-0.4, -0.2) is 14.7 Å². The molecule has 3 nitrogen and oxygen atoms in total. The smallest absolute Gasteiger partial charge is 0.189 e. The lowest BCUT2D eigenvalue weighted by Gasteiger charge is -2.32. The second-order valence-electron chi connectivity index (χ2n) is 24.1. The van der Waals surface area contributed by atoms with Crippen LogP contribution in [0.4, 0.5) is 0 Å². The van der Waals surface area contributed by atoms with Gasteiger partial charge in [-0.15, -0.1) is 0 Å². The maximum atomic E-state index is 11.4. The fourth-order valence-electron chi connectivity index (χ4n) is 8.96. The number of fused-ring (bicyclic) bond motifs is 2. The minimum Gasteiger partial charge on any atom is -0.189 e. The summed E-state index contributed by atoms with van der Waals surface area (Å²) >= 11 is 0. The third-order valence-corrected chi connectivity index (χ3v) is 13.6. The van der Waals surface area contributed by atoms with Crippen molar-refractivity contribution in [2.45, 2.75) is 164 Å². The van der Waals surface area contributed by atoms with Crippen LogP contribution in [0.5, 0.6) is 0 Å². The lowest BCUT2D eigenvalue weighted by Crippen LogP contribution is -2.20. The van der Waals surface area contributed by atoms with Gasteiger partial charge in [0.15, 0.2) is 5.30 Å². The van der Waals surface area contributed by atoms with Crippen molar-refractivity contribution in [1.29, 1.82) is 0 Å². The summed E-state index contributed by atoms with van der Waals surface area (Å²) in [6.45, 7) is 43.2. The first-order valence-electron chi connectivity index (χ1n) is 22.2. The molecular formula is C57H74O3P+. The normalized spacial score (nSPS) is 13.7. The molecule has 6 aromatic rings. The predicted octanol–water partition coefficient (Wildman–Crippen LogP) is 15.5. The highest BCUT2D eigenvalue weighted by molar-refractivity contribution is 7.67. The molecule has 0 aliphatic heterocycles. The molecule has 0 aliphatic carbocycles. The topological polar surface area (TPSA) is 60.7 Å². The monoisotopic (exact) mass is 838 g/mol. The van der Waals surface area contributed by atoms with Gasteiger partial charge in [0.2, 0.25) is 0 Å². The van der Waals surface area contributed by atoms with Crippen molar-refractivity contribution in [3.63, 3.8) is 0 Å². The van der Waals surface area contributed by atoms with Crippen molar-refractivity contribution in [1.82, 2.24) is 0 Å². The second kappa shape index (κ2) is 15.2. The van der Waals surface area contributed by atoms with Gasteiger partial charge >= 0.3 is 7.94 Å². The lowest BCUT2D eigenvalue weighted by atomic mass is 9.72. The van der Waals surface area contributed by atoms with Gasteiger partial charge in [0.05, 0.1) is 0 Å². The van der Waals surface area contributed by atoms with E-state index in [1.54, 1.807) is 6.07 Å². The molecule has 6 rings (SSSR count). The number of hydrogen-bond acceptors (Lipinski definition) is 3. The van der Waals surface area contributed by atoms with Gasteiger partial charge in [-0.3, -0.25) is 0 Å². The Labute approximate surface area is 369 Å². The van der Waals surface area contributed by atoms with E-state index in [1.165, 1.54) is 49.4 Å². The highest BCUT2D eigenvalue weighted by atomic mass is 31.2. The van der Waals surface area contributed by atoms with Gasteiger partial charge in [-0.2, -0.15) is 14.7 Å². The Morgan fingerprint density at radius 2 is 0.754 bits per heavy atom. The Hall–Kier alpha value is -3.85. The molecular weight excluding hydrogens is 764 g/mol. The van der Waals surface area contributed by atoms with Crippen LogP contribution in [0.1, 0.15) is 164 Å². The molecule has 0 bridgehead atoms. The third kappa shape index (κ3) is 9.29. The van der Waals surface area contributed by atoms with E-state index in [9.17, 15) is 14.7 Å². The zero-order valence-electron chi connectivity index (χ0n) is 40.9. The molecule has 4 heteroatoms. The van der Waals surface area contributed by atoms with Crippen LogP contribution < -0.4 is 5.30 Å². The van der Waals surface area contributed by atoms with Crippen LogP contribution in [-0.2, 0) is 32.5 Å². The second-order valence-corrected chi connectivity index (χ2v) is 25.7. The van der Waals surface area contributed by atoms with Crippen LogP contribution in [0.25, 0.3) is 54.9 Å². The van der Waals surface area contributed by atoms with Gasteiger partial charge in [-0.1, -0.05) is 179 Å². The predicted molar refractivity (Wildman–Crippen MR) is 268 cm³/mol. The molecule has 0 saturated heterocycles. The molecule has 0 aromatic heterocycles. The Morgan fingerprint density at radius 3 is 1.13 bits per heavy atom. The fraction of sp³-hybridized carbons (Fsp3) is 0.439. The van der Waals surface area contributed by atoms with Crippen LogP contribution in [0.3, 0.4) is 0 Å². The van der Waals surface area contributed by atoms with Gasteiger partial charge in [-0.05, 0) is 153 Å².